The molecule has 1 atom stereocenters. The van der Waals surface area contributed by atoms with E-state index in [0.29, 0.717) is 12.1 Å². The summed E-state index contributed by atoms with van der Waals surface area (Å²) in [5.74, 6) is 0. The van der Waals surface area contributed by atoms with Crippen molar-refractivity contribution in [3.05, 3.63) is 35.5 Å². The van der Waals surface area contributed by atoms with Crippen molar-refractivity contribution >= 4 is 17.0 Å². The van der Waals surface area contributed by atoms with Gasteiger partial charge in [0.15, 0.2) is 0 Å². The van der Waals surface area contributed by atoms with Crippen LogP contribution in [0.2, 0.25) is 0 Å². The molecule has 1 aliphatic heterocycles. The third-order valence-corrected chi connectivity index (χ3v) is 4.56. The normalized spacial score (nSPS) is 17.3. The lowest BCUT2D eigenvalue weighted by Crippen LogP contribution is -2.50. The predicted octanol–water partition coefficient (Wildman–Crippen LogP) is 3.22. The van der Waals surface area contributed by atoms with Crippen LogP contribution < -0.4 is 0 Å². The lowest BCUT2D eigenvalue weighted by molar-refractivity contribution is 0.0716. The zero-order valence-electron chi connectivity index (χ0n) is 12.6. The number of nitrogens with zero attached hydrogens (tertiary/aromatic N) is 3. The van der Waals surface area contributed by atoms with Crippen molar-refractivity contribution in [2.45, 2.75) is 38.8 Å². The number of carbonyl (C=O) groups is 1. The van der Waals surface area contributed by atoms with Crippen LogP contribution in [0.4, 0.5) is 4.79 Å². The van der Waals surface area contributed by atoms with Gasteiger partial charge in [0.1, 0.15) is 0 Å². The first kappa shape index (κ1) is 14.5. The van der Waals surface area contributed by atoms with Crippen molar-refractivity contribution in [1.82, 2.24) is 9.47 Å². The van der Waals surface area contributed by atoms with Crippen LogP contribution in [0.5, 0.6) is 0 Å². The van der Waals surface area contributed by atoms with Gasteiger partial charge in [-0.25, -0.2) is 4.79 Å². The van der Waals surface area contributed by atoms with Crippen LogP contribution in [0.1, 0.15) is 31.0 Å². The summed E-state index contributed by atoms with van der Waals surface area (Å²) in [7, 11) is 0. The Morgan fingerprint density at radius 3 is 2.86 bits per heavy atom. The molecule has 22 heavy (non-hydrogen) atoms. The maximum absolute atomic E-state index is 11.0. The molecule has 5 heteroatoms. The van der Waals surface area contributed by atoms with E-state index in [9.17, 15) is 4.79 Å². The number of benzene rings is 1. The van der Waals surface area contributed by atoms with Crippen molar-refractivity contribution in [2.24, 2.45) is 0 Å². The zero-order valence-corrected chi connectivity index (χ0v) is 12.6. The fraction of sp³-hybridized carbons (Fsp3) is 0.412. The largest absolute Gasteiger partial charge is 0.465 e. The summed E-state index contributed by atoms with van der Waals surface area (Å²) < 4.78 is 2.22. The molecule has 1 N–H and O–H groups in total. The minimum Gasteiger partial charge on any atom is -0.465 e. The van der Waals surface area contributed by atoms with Crippen LogP contribution in [-0.2, 0) is 13.0 Å². The Morgan fingerprint density at radius 1 is 1.45 bits per heavy atom. The highest BCUT2D eigenvalue weighted by Crippen LogP contribution is 2.26. The molecule has 1 aliphatic rings. The van der Waals surface area contributed by atoms with Crippen LogP contribution >= 0.6 is 0 Å². The molecule has 1 saturated heterocycles. The molecule has 0 radical (unpaired) electrons. The first-order valence-corrected chi connectivity index (χ1v) is 7.66. The van der Waals surface area contributed by atoms with Crippen molar-refractivity contribution in [1.29, 1.82) is 5.26 Å². The van der Waals surface area contributed by atoms with Gasteiger partial charge in [0.05, 0.1) is 11.6 Å². The maximum Gasteiger partial charge on any atom is 0.407 e. The fourth-order valence-corrected chi connectivity index (χ4v) is 3.27. The summed E-state index contributed by atoms with van der Waals surface area (Å²) in [5.41, 5.74) is 2.97. The van der Waals surface area contributed by atoms with E-state index < -0.39 is 6.09 Å². The monoisotopic (exact) mass is 297 g/mol. The summed E-state index contributed by atoms with van der Waals surface area (Å²) in [6, 6.07) is 10.2. The Balaban J connectivity index is 1.82. The Hall–Kier alpha value is -2.48. The lowest BCUT2D eigenvalue weighted by Gasteiger charge is -2.38. The molecular weight excluding hydrogens is 278 g/mol. The summed E-state index contributed by atoms with van der Waals surface area (Å²) in [6.07, 6.45) is 1.86. The maximum atomic E-state index is 11.0. The van der Waals surface area contributed by atoms with E-state index in [1.807, 2.05) is 18.2 Å². The van der Waals surface area contributed by atoms with Gasteiger partial charge in [-0.1, -0.05) is 6.07 Å². The van der Waals surface area contributed by atoms with Gasteiger partial charge in [-0.05, 0) is 49.8 Å². The molecule has 1 fully saturated rings. The van der Waals surface area contributed by atoms with Gasteiger partial charge in [0.25, 0.3) is 0 Å². The second kappa shape index (κ2) is 5.72. The van der Waals surface area contributed by atoms with E-state index in [-0.39, 0.29) is 6.04 Å². The van der Waals surface area contributed by atoms with Crippen LogP contribution in [0.3, 0.4) is 0 Å². The topological polar surface area (TPSA) is 69.3 Å². The molecule has 2 heterocycles. The second-order valence-electron chi connectivity index (χ2n) is 5.72. The number of carboxylic acid groups (broad SMARTS) is 1. The molecule has 0 aliphatic carbocycles. The van der Waals surface area contributed by atoms with Gasteiger partial charge in [0, 0.05) is 30.3 Å². The van der Waals surface area contributed by atoms with Crippen molar-refractivity contribution in [3.63, 3.8) is 0 Å². The second-order valence-corrected chi connectivity index (χ2v) is 5.72. The lowest BCUT2D eigenvalue weighted by atomic mass is 9.98. The number of likely N-dealkylation sites (tertiary alicyclic amines) is 1. The number of aromatic nitrogens is 1. The van der Waals surface area contributed by atoms with Crippen LogP contribution in [0, 0.1) is 11.3 Å². The molecular formula is C17H19N3O2. The van der Waals surface area contributed by atoms with Crippen molar-refractivity contribution in [2.75, 3.05) is 6.54 Å². The number of rotatable bonds is 4. The molecule has 3 rings (SSSR count). The summed E-state index contributed by atoms with van der Waals surface area (Å²) in [6.45, 7) is 3.60. The number of aryl methyl sites for hydroxylation is 2. The Morgan fingerprint density at radius 2 is 2.27 bits per heavy atom. The number of amides is 1. The molecule has 0 bridgehead atoms. The molecule has 0 spiro atoms. The number of hydrogen-bond donors (Lipinski definition) is 1. The van der Waals surface area contributed by atoms with E-state index >= 15 is 0 Å². The Labute approximate surface area is 129 Å². The summed E-state index contributed by atoms with van der Waals surface area (Å²) >= 11 is 0. The zero-order chi connectivity index (χ0) is 15.7. The predicted molar refractivity (Wildman–Crippen MR) is 83.8 cm³/mol. The number of fused-ring (bicyclic) bond motifs is 1. The average molecular weight is 297 g/mol. The van der Waals surface area contributed by atoms with Gasteiger partial charge in [0.2, 0.25) is 0 Å². The third-order valence-electron chi connectivity index (χ3n) is 4.56. The van der Waals surface area contributed by atoms with Crippen LogP contribution in [0.25, 0.3) is 10.9 Å². The summed E-state index contributed by atoms with van der Waals surface area (Å²) in [4.78, 5) is 12.5. The molecule has 1 aromatic carbocycles. The van der Waals surface area contributed by atoms with E-state index in [0.717, 1.165) is 36.7 Å². The number of nitriles is 1. The Kier molecular flexibility index (Phi) is 3.76. The third kappa shape index (κ3) is 2.41. The molecule has 0 saturated carbocycles. The van der Waals surface area contributed by atoms with Gasteiger partial charge in [-0.3, -0.25) is 0 Å². The van der Waals surface area contributed by atoms with Gasteiger partial charge >= 0.3 is 6.09 Å². The molecule has 5 nitrogen and oxygen atoms in total. The van der Waals surface area contributed by atoms with E-state index in [1.54, 1.807) is 0 Å². The smallest absolute Gasteiger partial charge is 0.407 e. The van der Waals surface area contributed by atoms with E-state index in [2.05, 4.69) is 23.6 Å². The molecule has 1 aromatic heterocycles. The van der Waals surface area contributed by atoms with Crippen LogP contribution in [0.15, 0.2) is 24.3 Å². The summed E-state index contributed by atoms with van der Waals surface area (Å²) in [5, 5.41) is 19.2. The highest BCUT2D eigenvalue weighted by Gasteiger charge is 2.31. The van der Waals surface area contributed by atoms with Gasteiger partial charge in [-0.2, -0.15) is 5.26 Å². The highest BCUT2D eigenvalue weighted by atomic mass is 16.4. The van der Waals surface area contributed by atoms with Crippen molar-refractivity contribution < 1.29 is 9.90 Å². The standard InChI is InChI=1S/C17H19N3O2/c1-2-19-15(6-5-14-7-8-20(14)17(21)22)10-13-4-3-12(11-18)9-16(13)19/h3-4,9-10,14H,2,5-8H2,1H3,(H,21,22)/t14-/m0/s1. The van der Waals surface area contributed by atoms with Gasteiger partial charge < -0.3 is 14.6 Å². The number of hydrogen-bond acceptors (Lipinski definition) is 2. The van der Waals surface area contributed by atoms with Gasteiger partial charge in [-0.15, -0.1) is 0 Å². The fourth-order valence-electron chi connectivity index (χ4n) is 3.27. The van der Waals surface area contributed by atoms with Crippen molar-refractivity contribution in [3.8, 4) is 6.07 Å². The van der Waals surface area contributed by atoms with E-state index in [1.165, 1.54) is 10.6 Å². The highest BCUT2D eigenvalue weighted by molar-refractivity contribution is 5.82. The SMILES string of the molecule is CCn1c(CC[C@H]2CCN2C(=O)O)cc2ccc(C#N)cc21. The molecule has 2 aromatic rings. The quantitative estimate of drug-likeness (QED) is 0.942. The molecule has 114 valence electrons. The minimum atomic E-state index is -0.814. The minimum absolute atomic E-state index is 0.149. The Bertz CT molecular complexity index is 757. The molecule has 0 unspecified atom stereocenters. The first-order chi connectivity index (χ1) is 10.6. The average Bonchev–Trinajstić information content (AvgIpc) is 2.81. The molecule has 1 amide bonds. The first-order valence-electron chi connectivity index (χ1n) is 7.66. The van der Waals surface area contributed by atoms with E-state index in [4.69, 9.17) is 10.4 Å². The van der Waals surface area contributed by atoms with Crippen LogP contribution in [-0.4, -0.2) is 33.3 Å².